The summed E-state index contributed by atoms with van der Waals surface area (Å²) in [6.07, 6.45) is 1.30. The first kappa shape index (κ1) is 15.8. The molecule has 1 N–H and O–H groups in total. The second-order valence-electron chi connectivity index (χ2n) is 5.60. The van der Waals surface area contributed by atoms with E-state index in [0.29, 0.717) is 27.8 Å². The maximum atomic E-state index is 13.6. The molecule has 0 spiro atoms. The van der Waals surface area contributed by atoms with E-state index in [1.807, 2.05) is 6.92 Å². The molecule has 0 aliphatic heterocycles. The van der Waals surface area contributed by atoms with E-state index in [9.17, 15) is 9.18 Å². The van der Waals surface area contributed by atoms with Gasteiger partial charge < -0.3 is 4.74 Å². The minimum atomic E-state index is -0.591. The van der Waals surface area contributed by atoms with Crippen molar-refractivity contribution in [2.75, 3.05) is 5.32 Å². The van der Waals surface area contributed by atoms with Crippen LogP contribution in [-0.4, -0.2) is 21.3 Å². The van der Waals surface area contributed by atoms with Crippen molar-refractivity contribution in [2.24, 2.45) is 0 Å². The highest BCUT2D eigenvalue weighted by molar-refractivity contribution is 9.10. The number of fused-ring (bicyclic) bond motifs is 1. The Morgan fingerprint density at radius 2 is 2.19 bits per heavy atom. The van der Waals surface area contributed by atoms with E-state index in [1.54, 1.807) is 26.8 Å². The Labute approximate surface area is 130 Å². The minimum Gasteiger partial charge on any atom is -0.444 e. The Morgan fingerprint density at radius 3 is 2.76 bits per heavy atom. The number of carbonyl (C=O) groups excluding carboxylic acids is 1. The predicted octanol–water partition coefficient (Wildman–Crippen LogP) is 4.15. The zero-order valence-electron chi connectivity index (χ0n) is 12.3. The first-order valence-corrected chi connectivity index (χ1v) is 7.37. The lowest BCUT2D eigenvalue weighted by Gasteiger charge is -2.19. The number of anilines is 1. The van der Waals surface area contributed by atoms with Crippen LogP contribution in [0.15, 0.2) is 16.7 Å². The smallest absolute Gasteiger partial charge is 0.412 e. The van der Waals surface area contributed by atoms with Gasteiger partial charge in [0.1, 0.15) is 5.60 Å². The second kappa shape index (κ2) is 5.63. The zero-order chi connectivity index (χ0) is 15.8. The quantitative estimate of drug-likeness (QED) is 0.878. The van der Waals surface area contributed by atoms with Crippen LogP contribution in [0.3, 0.4) is 0 Å². The van der Waals surface area contributed by atoms with E-state index in [4.69, 9.17) is 4.74 Å². The Bertz CT molecular complexity index is 692. The predicted molar refractivity (Wildman–Crippen MR) is 82.1 cm³/mol. The van der Waals surface area contributed by atoms with Gasteiger partial charge in [-0.05, 0) is 49.2 Å². The summed E-state index contributed by atoms with van der Waals surface area (Å²) < 4.78 is 20.5. The molecular formula is C14H17BrFN3O2. The largest absolute Gasteiger partial charge is 0.444 e. The number of rotatable bonds is 2. The Balaban J connectivity index is 2.42. The summed E-state index contributed by atoms with van der Waals surface area (Å²) in [7, 11) is 0. The number of ether oxygens (including phenoxy) is 1. The number of nitrogens with one attached hydrogen (secondary N) is 1. The van der Waals surface area contributed by atoms with Crippen LogP contribution in [0.4, 0.5) is 14.9 Å². The lowest BCUT2D eigenvalue weighted by Crippen LogP contribution is -2.27. The fourth-order valence-corrected chi connectivity index (χ4v) is 2.20. The third-order valence-electron chi connectivity index (χ3n) is 2.71. The monoisotopic (exact) mass is 357 g/mol. The van der Waals surface area contributed by atoms with Gasteiger partial charge in [0.05, 0.1) is 27.6 Å². The van der Waals surface area contributed by atoms with Gasteiger partial charge in [0.25, 0.3) is 0 Å². The summed E-state index contributed by atoms with van der Waals surface area (Å²) in [6, 6.07) is 1.58. The van der Waals surface area contributed by atoms with Crippen molar-refractivity contribution in [2.45, 2.75) is 39.7 Å². The highest BCUT2D eigenvalue weighted by Crippen LogP contribution is 2.27. The number of carbonyl (C=O) groups is 1. The number of aryl methyl sites for hydroxylation is 1. The molecule has 0 unspecified atom stereocenters. The molecule has 0 aliphatic carbocycles. The topological polar surface area (TPSA) is 55.6 Å². The van der Waals surface area contributed by atoms with Crippen LogP contribution in [0, 0.1) is 5.82 Å². The van der Waals surface area contributed by atoms with Crippen LogP contribution in [0.5, 0.6) is 0 Å². The van der Waals surface area contributed by atoms with Crippen molar-refractivity contribution < 1.29 is 13.9 Å². The molecule has 2 heterocycles. The van der Waals surface area contributed by atoms with Crippen molar-refractivity contribution in [1.82, 2.24) is 9.61 Å². The molecule has 0 saturated carbocycles. The highest BCUT2D eigenvalue weighted by Gasteiger charge is 2.20. The van der Waals surface area contributed by atoms with E-state index in [0.717, 1.165) is 0 Å². The maximum Gasteiger partial charge on any atom is 0.412 e. The van der Waals surface area contributed by atoms with Gasteiger partial charge in [-0.2, -0.15) is 5.10 Å². The highest BCUT2D eigenvalue weighted by atomic mass is 79.9. The van der Waals surface area contributed by atoms with Gasteiger partial charge in [-0.1, -0.05) is 6.92 Å². The standard InChI is InChI=1S/C14H17BrFN3O2/c1-5-10-12(17-13(20)21-14(2,3)4)11-6-8(15)9(16)7-19(11)18-10/h6-7H,5H2,1-4H3,(H,17,20). The third kappa shape index (κ3) is 3.53. The van der Waals surface area contributed by atoms with Crippen LogP contribution >= 0.6 is 15.9 Å². The number of pyridine rings is 1. The van der Waals surface area contributed by atoms with Gasteiger partial charge >= 0.3 is 6.09 Å². The van der Waals surface area contributed by atoms with Crippen LogP contribution in [0.2, 0.25) is 0 Å². The molecule has 7 heteroatoms. The number of nitrogens with zero attached hydrogens (tertiary/aromatic N) is 2. The number of halogens is 2. The van der Waals surface area contributed by atoms with Crippen LogP contribution in [0.25, 0.3) is 5.52 Å². The SMILES string of the molecule is CCc1nn2cc(F)c(Br)cc2c1NC(=O)OC(C)(C)C. The first-order valence-electron chi connectivity index (χ1n) is 6.57. The summed E-state index contributed by atoms with van der Waals surface area (Å²) in [4.78, 5) is 11.9. The van der Waals surface area contributed by atoms with Crippen molar-refractivity contribution in [1.29, 1.82) is 0 Å². The molecule has 0 saturated heterocycles. The molecule has 0 bridgehead atoms. The summed E-state index contributed by atoms with van der Waals surface area (Å²) in [5.41, 5.74) is 1.21. The molecule has 114 valence electrons. The normalized spacial score (nSPS) is 11.7. The molecule has 2 aromatic heterocycles. The Hall–Kier alpha value is -1.63. The first-order chi connectivity index (χ1) is 9.71. The number of amides is 1. The molecule has 21 heavy (non-hydrogen) atoms. The molecule has 0 atom stereocenters. The van der Waals surface area contributed by atoms with Crippen molar-refractivity contribution in [3.05, 3.63) is 28.2 Å². The van der Waals surface area contributed by atoms with Gasteiger partial charge in [-0.15, -0.1) is 0 Å². The lowest BCUT2D eigenvalue weighted by atomic mass is 10.2. The molecule has 2 aromatic rings. The van der Waals surface area contributed by atoms with Crippen LogP contribution < -0.4 is 5.32 Å². The van der Waals surface area contributed by atoms with E-state index in [1.165, 1.54) is 10.7 Å². The van der Waals surface area contributed by atoms with Crippen LogP contribution in [0.1, 0.15) is 33.4 Å². The summed E-state index contributed by atoms with van der Waals surface area (Å²) in [5, 5.41) is 6.97. The average molecular weight is 358 g/mol. The van der Waals surface area contributed by atoms with Crippen LogP contribution in [-0.2, 0) is 11.2 Å². The molecule has 0 aliphatic rings. The number of aromatic nitrogens is 2. The molecule has 5 nitrogen and oxygen atoms in total. The van der Waals surface area contributed by atoms with E-state index in [-0.39, 0.29) is 0 Å². The summed E-state index contributed by atoms with van der Waals surface area (Å²) >= 11 is 3.14. The number of hydrogen-bond donors (Lipinski definition) is 1. The molecule has 0 aromatic carbocycles. The molecular weight excluding hydrogens is 341 g/mol. The molecule has 0 fully saturated rings. The molecule has 1 amide bonds. The fraction of sp³-hybridized carbons (Fsp3) is 0.429. The zero-order valence-corrected chi connectivity index (χ0v) is 13.9. The number of hydrogen-bond acceptors (Lipinski definition) is 3. The Morgan fingerprint density at radius 1 is 1.52 bits per heavy atom. The van der Waals surface area contributed by atoms with E-state index < -0.39 is 17.5 Å². The average Bonchev–Trinajstić information content (AvgIpc) is 2.65. The fourth-order valence-electron chi connectivity index (χ4n) is 1.88. The van der Waals surface area contributed by atoms with Gasteiger partial charge in [-0.25, -0.2) is 13.7 Å². The second-order valence-corrected chi connectivity index (χ2v) is 6.46. The van der Waals surface area contributed by atoms with Gasteiger partial charge in [0.15, 0.2) is 5.82 Å². The van der Waals surface area contributed by atoms with Crippen molar-refractivity contribution in [3.8, 4) is 0 Å². The minimum absolute atomic E-state index is 0.310. The lowest BCUT2D eigenvalue weighted by molar-refractivity contribution is 0.0636. The Kier molecular flexibility index (Phi) is 4.22. The molecule has 0 radical (unpaired) electrons. The van der Waals surface area contributed by atoms with Gasteiger partial charge in [-0.3, -0.25) is 5.32 Å². The van der Waals surface area contributed by atoms with E-state index in [2.05, 4.69) is 26.3 Å². The summed E-state index contributed by atoms with van der Waals surface area (Å²) in [5.74, 6) is -0.420. The van der Waals surface area contributed by atoms with Crippen molar-refractivity contribution >= 4 is 33.2 Å². The third-order valence-corrected chi connectivity index (χ3v) is 3.32. The maximum absolute atomic E-state index is 13.6. The van der Waals surface area contributed by atoms with Crippen molar-refractivity contribution in [3.63, 3.8) is 0 Å². The van der Waals surface area contributed by atoms with Gasteiger partial charge in [0.2, 0.25) is 0 Å². The van der Waals surface area contributed by atoms with Gasteiger partial charge in [0, 0.05) is 0 Å². The summed E-state index contributed by atoms with van der Waals surface area (Å²) in [6.45, 7) is 7.27. The molecule has 2 rings (SSSR count). The van der Waals surface area contributed by atoms with E-state index >= 15 is 0 Å².